The highest BCUT2D eigenvalue weighted by atomic mass is 32.2. The SMILES string of the molecule is CC(C)(C)OC(=O)N(C(=O)OC(C)(C)C)C1=N[C@@]2(c3nc(N)cs3)CO[C@@](C)(CF)C[C@H]2CS1. The van der Waals surface area contributed by atoms with Gasteiger partial charge in [0.1, 0.15) is 34.2 Å². The number of hydrogen-bond donors (Lipinski definition) is 1. The molecular weight excluding hydrogens is 483 g/mol. The summed E-state index contributed by atoms with van der Waals surface area (Å²) in [5, 5.41) is 2.39. The lowest BCUT2D eigenvalue weighted by Crippen LogP contribution is -2.56. The van der Waals surface area contributed by atoms with Gasteiger partial charge in [0.15, 0.2) is 5.17 Å². The van der Waals surface area contributed by atoms with Crippen molar-refractivity contribution >= 4 is 46.3 Å². The molecule has 0 radical (unpaired) electrons. The molecule has 190 valence electrons. The third-order valence-corrected chi connectivity index (χ3v) is 7.35. The molecule has 12 heteroatoms. The molecule has 1 aromatic rings. The average Bonchev–Trinajstić information content (AvgIpc) is 3.12. The van der Waals surface area contributed by atoms with Crippen molar-refractivity contribution in [1.82, 2.24) is 9.88 Å². The number of thiazole rings is 1. The van der Waals surface area contributed by atoms with Gasteiger partial charge in [-0.2, -0.15) is 4.90 Å². The number of carbonyl (C=O) groups is 2. The van der Waals surface area contributed by atoms with Gasteiger partial charge in [0, 0.05) is 17.1 Å². The summed E-state index contributed by atoms with van der Waals surface area (Å²) in [6.45, 7) is 11.4. The summed E-state index contributed by atoms with van der Waals surface area (Å²) >= 11 is 2.53. The standard InChI is InChI=1S/C22H33FN4O5S2/c1-19(2,3)31-17(28)27(18(29)32-20(4,5)6)16-26-22(15-25-14(24)10-33-15)12-30-21(7,11-23)8-13(22)9-34-16/h10,13H,8-9,11-12,24H2,1-7H3/t13-,21+,22-/m0/s1. The van der Waals surface area contributed by atoms with Gasteiger partial charge in [-0.15, -0.1) is 11.3 Å². The Morgan fingerprint density at radius 2 is 1.82 bits per heavy atom. The summed E-state index contributed by atoms with van der Waals surface area (Å²) in [6, 6.07) is 0. The number of hydrogen-bond acceptors (Lipinski definition) is 10. The number of thioether (sulfide) groups is 1. The number of fused-ring (bicyclic) bond motifs is 1. The first-order valence-corrected chi connectivity index (χ1v) is 12.8. The molecule has 0 unspecified atom stereocenters. The molecule has 2 amide bonds. The van der Waals surface area contributed by atoms with Crippen LogP contribution < -0.4 is 5.73 Å². The fourth-order valence-electron chi connectivity index (χ4n) is 3.67. The van der Waals surface area contributed by atoms with Crippen LogP contribution in [0.15, 0.2) is 10.4 Å². The summed E-state index contributed by atoms with van der Waals surface area (Å²) in [5.74, 6) is 0.637. The highest BCUT2D eigenvalue weighted by Crippen LogP contribution is 2.50. The van der Waals surface area contributed by atoms with Gasteiger partial charge in [0.25, 0.3) is 0 Å². The molecule has 0 bridgehead atoms. The zero-order valence-electron chi connectivity index (χ0n) is 20.6. The lowest BCUT2D eigenvalue weighted by Gasteiger charge is -2.48. The first-order valence-electron chi connectivity index (χ1n) is 11.0. The summed E-state index contributed by atoms with van der Waals surface area (Å²) in [6.07, 6.45) is -1.40. The number of amides is 2. The minimum atomic E-state index is -1.03. The molecule has 0 aliphatic carbocycles. The van der Waals surface area contributed by atoms with Gasteiger partial charge >= 0.3 is 12.2 Å². The average molecular weight is 517 g/mol. The number of rotatable bonds is 2. The van der Waals surface area contributed by atoms with Crippen LogP contribution in [0.4, 0.5) is 19.8 Å². The summed E-state index contributed by atoms with van der Waals surface area (Å²) in [5.41, 5.74) is 2.23. The van der Waals surface area contributed by atoms with E-state index in [4.69, 9.17) is 24.9 Å². The fourth-order valence-corrected chi connectivity index (χ4v) is 5.84. The number of aliphatic imine (C=N–C) groups is 1. The molecule has 0 saturated carbocycles. The predicted molar refractivity (Wildman–Crippen MR) is 131 cm³/mol. The molecule has 2 aliphatic rings. The first kappa shape index (κ1) is 26.7. The van der Waals surface area contributed by atoms with Gasteiger partial charge in [-0.25, -0.2) is 24.0 Å². The van der Waals surface area contributed by atoms with Crippen LogP contribution in [0.5, 0.6) is 0 Å². The van der Waals surface area contributed by atoms with Crippen molar-refractivity contribution in [2.75, 3.05) is 24.8 Å². The number of nitrogens with zero attached hydrogens (tertiary/aromatic N) is 3. The lowest BCUT2D eigenvalue weighted by atomic mass is 9.76. The Morgan fingerprint density at radius 3 is 2.29 bits per heavy atom. The van der Waals surface area contributed by atoms with E-state index in [1.807, 2.05) is 0 Å². The van der Waals surface area contributed by atoms with E-state index in [2.05, 4.69) is 4.98 Å². The number of nitrogens with two attached hydrogens (primary N) is 1. The molecule has 1 aromatic heterocycles. The Labute approximate surface area is 207 Å². The normalized spacial score (nSPS) is 27.4. The van der Waals surface area contributed by atoms with Crippen molar-refractivity contribution < 1.29 is 28.2 Å². The minimum absolute atomic E-state index is 0.0333. The van der Waals surface area contributed by atoms with Crippen LogP contribution in [0, 0.1) is 5.92 Å². The molecular formula is C22H33FN4O5S2. The van der Waals surface area contributed by atoms with E-state index in [0.29, 0.717) is 23.0 Å². The number of aromatic nitrogens is 1. The molecule has 0 spiro atoms. The number of ether oxygens (including phenoxy) is 3. The Kier molecular flexibility index (Phi) is 7.27. The Bertz CT molecular complexity index is 945. The van der Waals surface area contributed by atoms with Gasteiger partial charge in [0.05, 0.1) is 12.2 Å². The van der Waals surface area contributed by atoms with Crippen LogP contribution in [0.3, 0.4) is 0 Å². The Hall–Kier alpha value is -1.92. The second-order valence-corrected chi connectivity index (χ2v) is 12.6. The Morgan fingerprint density at radius 1 is 1.24 bits per heavy atom. The summed E-state index contributed by atoms with van der Waals surface area (Å²) in [7, 11) is 0. The zero-order valence-corrected chi connectivity index (χ0v) is 22.3. The largest absolute Gasteiger partial charge is 0.443 e. The van der Waals surface area contributed by atoms with Gasteiger partial charge < -0.3 is 19.9 Å². The molecule has 2 N–H and O–H groups in total. The van der Waals surface area contributed by atoms with Crippen LogP contribution in [0.2, 0.25) is 0 Å². The number of halogens is 1. The van der Waals surface area contributed by atoms with Crippen LogP contribution in [0.1, 0.15) is 59.9 Å². The van der Waals surface area contributed by atoms with Crippen LogP contribution in [-0.4, -0.2) is 63.1 Å². The van der Waals surface area contributed by atoms with Gasteiger partial charge in [-0.1, -0.05) is 11.8 Å². The van der Waals surface area contributed by atoms with E-state index < -0.39 is 41.2 Å². The minimum Gasteiger partial charge on any atom is -0.443 e. The molecule has 3 atom stereocenters. The van der Waals surface area contributed by atoms with Crippen LogP contribution in [0.25, 0.3) is 0 Å². The van der Waals surface area contributed by atoms with E-state index in [-0.39, 0.29) is 17.7 Å². The molecule has 9 nitrogen and oxygen atoms in total. The van der Waals surface area contributed by atoms with E-state index in [1.54, 1.807) is 53.8 Å². The number of amidine groups is 1. The van der Waals surface area contributed by atoms with Crippen molar-refractivity contribution in [3.05, 3.63) is 10.4 Å². The maximum atomic E-state index is 13.8. The van der Waals surface area contributed by atoms with Gasteiger partial charge in [-0.3, -0.25) is 0 Å². The maximum absolute atomic E-state index is 13.8. The highest BCUT2D eigenvalue weighted by Gasteiger charge is 2.54. The maximum Gasteiger partial charge on any atom is 0.426 e. The third kappa shape index (κ3) is 5.83. The van der Waals surface area contributed by atoms with E-state index in [1.165, 1.54) is 23.1 Å². The fraction of sp³-hybridized carbons (Fsp3) is 0.727. The zero-order chi connectivity index (χ0) is 25.5. The monoisotopic (exact) mass is 516 g/mol. The van der Waals surface area contributed by atoms with E-state index >= 15 is 0 Å². The lowest BCUT2D eigenvalue weighted by molar-refractivity contribution is -0.129. The molecule has 2 aliphatic heterocycles. The first-order chi connectivity index (χ1) is 15.6. The van der Waals surface area contributed by atoms with Crippen molar-refractivity contribution in [3.8, 4) is 0 Å². The number of anilines is 1. The molecule has 3 heterocycles. The van der Waals surface area contributed by atoms with Gasteiger partial charge in [-0.05, 0) is 54.9 Å². The van der Waals surface area contributed by atoms with E-state index in [0.717, 1.165) is 4.90 Å². The van der Waals surface area contributed by atoms with Gasteiger partial charge in [0.2, 0.25) is 0 Å². The molecule has 34 heavy (non-hydrogen) atoms. The topological polar surface area (TPSA) is 116 Å². The number of carbonyl (C=O) groups excluding carboxylic acids is 2. The molecule has 3 rings (SSSR count). The van der Waals surface area contributed by atoms with Crippen molar-refractivity contribution in [2.24, 2.45) is 10.9 Å². The summed E-state index contributed by atoms with van der Waals surface area (Å²) < 4.78 is 30.7. The Balaban J connectivity index is 2.08. The highest BCUT2D eigenvalue weighted by molar-refractivity contribution is 8.13. The molecule has 1 fully saturated rings. The smallest absolute Gasteiger partial charge is 0.426 e. The van der Waals surface area contributed by atoms with Crippen LogP contribution >= 0.6 is 23.1 Å². The van der Waals surface area contributed by atoms with Crippen molar-refractivity contribution in [3.63, 3.8) is 0 Å². The number of nitrogen functional groups attached to an aromatic ring is 1. The second-order valence-electron chi connectivity index (χ2n) is 10.8. The molecule has 1 saturated heterocycles. The quantitative estimate of drug-likeness (QED) is 0.586. The third-order valence-electron chi connectivity index (χ3n) is 5.22. The van der Waals surface area contributed by atoms with E-state index in [9.17, 15) is 14.0 Å². The van der Waals surface area contributed by atoms with Crippen LogP contribution in [-0.2, 0) is 19.7 Å². The molecule has 0 aromatic carbocycles. The number of imide groups is 1. The number of alkyl halides is 1. The predicted octanol–water partition coefficient (Wildman–Crippen LogP) is 4.96. The summed E-state index contributed by atoms with van der Waals surface area (Å²) in [4.78, 5) is 36.4. The second kappa shape index (κ2) is 9.27. The van der Waals surface area contributed by atoms with Crippen molar-refractivity contribution in [2.45, 2.75) is 77.2 Å². The van der Waals surface area contributed by atoms with Crippen molar-refractivity contribution in [1.29, 1.82) is 0 Å².